The van der Waals surface area contributed by atoms with Crippen LogP contribution in [0.25, 0.3) is 0 Å². The average molecular weight is 249 g/mol. The first-order valence-electron chi connectivity index (χ1n) is 6.12. The maximum absolute atomic E-state index is 12.3. The van der Waals surface area contributed by atoms with E-state index in [4.69, 9.17) is 4.74 Å². The maximum atomic E-state index is 12.3. The largest absolute Gasteiger partial charge is 0.497 e. The van der Waals surface area contributed by atoms with Gasteiger partial charge in [-0.3, -0.25) is 4.79 Å². The third-order valence-electron chi connectivity index (χ3n) is 3.56. The molecule has 0 spiro atoms. The summed E-state index contributed by atoms with van der Waals surface area (Å²) in [6.07, 6.45) is 0.853. The number of amides is 1. The van der Waals surface area contributed by atoms with Crippen LogP contribution in [-0.2, 0) is 0 Å². The van der Waals surface area contributed by atoms with Gasteiger partial charge in [-0.2, -0.15) is 0 Å². The van der Waals surface area contributed by atoms with E-state index >= 15 is 0 Å². The number of rotatable bonds is 3. The zero-order valence-electron chi connectivity index (χ0n) is 10.8. The molecule has 4 nitrogen and oxygen atoms in total. The van der Waals surface area contributed by atoms with Crippen molar-refractivity contribution in [2.45, 2.75) is 13.3 Å². The maximum Gasteiger partial charge on any atom is 0.253 e. The van der Waals surface area contributed by atoms with Gasteiger partial charge in [-0.15, -0.1) is 0 Å². The highest BCUT2D eigenvalue weighted by Crippen LogP contribution is 2.30. The summed E-state index contributed by atoms with van der Waals surface area (Å²) in [6, 6.07) is 7.12. The predicted octanol–water partition coefficient (Wildman–Crippen LogP) is 1.54. The van der Waals surface area contributed by atoms with E-state index in [9.17, 15) is 9.90 Å². The van der Waals surface area contributed by atoms with Crippen LogP contribution in [0.3, 0.4) is 0 Å². The summed E-state index contributed by atoms with van der Waals surface area (Å²) >= 11 is 0. The Bertz CT molecular complexity index is 429. The minimum Gasteiger partial charge on any atom is -0.497 e. The Labute approximate surface area is 107 Å². The molecule has 1 atom stereocenters. The Morgan fingerprint density at radius 1 is 1.44 bits per heavy atom. The zero-order valence-corrected chi connectivity index (χ0v) is 10.8. The Morgan fingerprint density at radius 3 is 2.61 bits per heavy atom. The van der Waals surface area contributed by atoms with Gasteiger partial charge < -0.3 is 14.7 Å². The standard InChI is InChI=1S/C14H19NO3/c1-14(10-16)7-8-15(9-14)13(17)11-3-5-12(18-2)6-4-11/h3-6,16H,7-10H2,1-2H3. The van der Waals surface area contributed by atoms with Gasteiger partial charge in [0, 0.05) is 24.1 Å². The molecule has 0 bridgehead atoms. The molecule has 18 heavy (non-hydrogen) atoms. The second-order valence-corrected chi connectivity index (χ2v) is 5.17. The Hall–Kier alpha value is -1.55. The first-order valence-corrected chi connectivity index (χ1v) is 6.12. The molecule has 1 aliphatic heterocycles. The van der Waals surface area contributed by atoms with E-state index in [-0.39, 0.29) is 17.9 Å². The summed E-state index contributed by atoms with van der Waals surface area (Å²) in [7, 11) is 1.60. The van der Waals surface area contributed by atoms with Crippen LogP contribution in [0.1, 0.15) is 23.7 Å². The lowest BCUT2D eigenvalue weighted by Gasteiger charge is -2.22. The molecular formula is C14H19NO3. The predicted molar refractivity (Wildman–Crippen MR) is 68.7 cm³/mol. The number of methoxy groups -OCH3 is 1. The lowest BCUT2D eigenvalue weighted by Crippen LogP contribution is -2.32. The van der Waals surface area contributed by atoms with Crippen LogP contribution in [0.5, 0.6) is 5.75 Å². The lowest BCUT2D eigenvalue weighted by atomic mass is 9.91. The Balaban J connectivity index is 2.08. The number of hydrogen-bond donors (Lipinski definition) is 1. The van der Waals surface area contributed by atoms with Crippen molar-refractivity contribution in [2.24, 2.45) is 5.41 Å². The summed E-state index contributed by atoms with van der Waals surface area (Å²) in [4.78, 5) is 14.1. The van der Waals surface area contributed by atoms with Crippen LogP contribution in [0.2, 0.25) is 0 Å². The van der Waals surface area contributed by atoms with Gasteiger partial charge in [0.2, 0.25) is 0 Å². The number of nitrogens with zero attached hydrogens (tertiary/aromatic N) is 1. The van der Waals surface area contributed by atoms with E-state index in [1.165, 1.54) is 0 Å². The molecule has 1 amide bonds. The van der Waals surface area contributed by atoms with Crippen molar-refractivity contribution in [3.8, 4) is 5.75 Å². The van der Waals surface area contributed by atoms with Gasteiger partial charge in [0.25, 0.3) is 5.91 Å². The summed E-state index contributed by atoms with van der Waals surface area (Å²) < 4.78 is 5.07. The molecular weight excluding hydrogens is 230 g/mol. The smallest absolute Gasteiger partial charge is 0.253 e. The second kappa shape index (κ2) is 4.98. The number of carbonyl (C=O) groups excluding carboxylic acids is 1. The van der Waals surface area contributed by atoms with Gasteiger partial charge in [0.05, 0.1) is 13.7 Å². The fourth-order valence-electron chi connectivity index (χ4n) is 2.24. The molecule has 1 aromatic carbocycles. The van der Waals surface area contributed by atoms with Crippen molar-refractivity contribution < 1.29 is 14.6 Å². The molecule has 0 aliphatic carbocycles. The summed E-state index contributed by atoms with van der Waals surface area (Å²) in [5.74, 6) is 0.767. The van der Waals surface area contributed by atoms with E-state index in [0.717, 1.165) is 12.2 Å². The molecule has 1 unspecified atom stereocenters. The van der Waals surface area contributed by atoms with Gasteiger partial charge in [0.15, 0.2) is 0 Å². The Kier molecular flexibility index (Phi) is 3.57. The van der Waals surface area contributed by atoms with E-state index in [1.54, 1.807) is 36.3 Å². The molecule has 0 saturated carbocycles. The number of ether oxygens (including phenoxy) is 1. The molecule has 4 heteroatoms. The number of carbonyl (C=O) groups is 1. The average Bonchev–Trinajstić information content (AvgIpc) is 2.81. The monoisotopic (exact) mass is 249 g/mol. The van der Waals surface area contributed by atoms with E-state index in [0.29, 0.717) is 18.7 Å². The summed E-state index contributed by atoms with van der Waals surface area (Å²) in [5.41, 5.74) is 0.514. The van der Waals surface area contributed by atoms with Gasteiger partial charge in [-0.05, 0) is 30.7 Å². The molecule has 1 aliphatic rings. The molecule has 1 fully saturated rings. The minimum atomic E-state index is -0.151. The fraction of sp³-hybridized carbons (Fsp3) is 0.500. The van der Waals surface area contributed by atoms with E-state index in [1.807, 2.05) is 6.92 Å². The first kappa shape index (κ1) is 12.9. The fourth-order valence-corrected chi connectivity index (χ4v) is 2.24. The van der Waals surface area contributed by atoms with Gasteiger partial charge in [-0.25, -0.2) is 0 Å². The molecule has 0 radical (unpaired) electrons. The normalized spacial score (nSPS) is 23.2. The van der Waals surface area contributed by atoms with Crippen molar-refractivity contribution in [3.63, 3.8) is 0 Å². The van der Waals surface area contributed by atoms with Crippen molar-refractivity contribution in [2.75, 3.05) is 26.8 Å². The van der Waals surface area contributed by atoms with Gasteiger partial charge in [0.1, 0.15) is 5.75 Å². The van der Waals surface area contributed by atoms with Gasteiger partial charge in [-0.1, -0.05) is 6.92 Å². The van der Waals surface area contributed by atoms with Crippen LogP contribution in [0, 0.1) is 5.41 Å². The highest BCUT2D eigenvalue weighted by Gasteiger charge is 2.35. The Morgan fingerprint density at radius 2 is 2.11 bits per heavy atom. The lowest BCUT2D eigenvalue weighted by molar-refractivity contribution is 0.0753. The molecule has 0 aromatic heterocycles. The molecule has 1 heterocycles. The van der Waals surface area contributed by atoms with E-state index < -0.39 is 0 Å². The number of aliphatic hydroxyl groups excluding tert-OH is 1. The number of likely N-dealkylation sites (tertiary alicyclic amines) is 1. The summed E-state index contributed by atoms with van der Waals surface area (Å²) in [5, 5.41) is 9.31. The van der Waals surface area contributed by atoms with Crippen molar-refractivity contribution in [1.82, 2.24) is 4.90 Å². The molecule has 1 N–H and O–H groups in total. The highest BCUT2D eigenvalue weighted by molar-refractivity contribution is 5.94. The molecule has 1 aromatic rings. The van der Waals surface area contributed by atoms with E-state index in [2.05, 4.69) is 0 Å². The number of benzene rings is 1. The SMILES string of the molecule is COc1ccc(C(=O)N2CCC(C)(CO)C2)cc1. The van der Waals surface area contributed by atoms with Crippen molar-refractivity contribution in [1.29, 1.82) is 0 Å². The van der Waals surface area contributed by atoms with Crippen LogP contribution >= 0.6 is 0 Å². The molecule has 1 saturated heterocycles. The van der Waals surface area contributed by atoms with Crippen LogP contribution in [0.15, 0.2) is 24.3 Å². The van der Waals surface area contributed by atoms with Crippen LogP contribution in [0.4, 0.5) is 0 Å². The second-order valence-electron chi connectivity index (χ2n) is 5.17. The topological polar surface area (TPSA) is 49.8 Å². The molecule has 2 rings (SSSR count). The quantitative estimate of drug-likeness (QED) is 0.884. The molecule has 98 valence electrons. The third-order valence-corrected chi connectivity index (χ3v) is 3.56. The number of aliphatic hydroxyl groups is 1. The number of hydrogen-bond acceptors (Lipinski definition) is 3. The highest BCUT2D eigenvalue weighted by atomic mass is 16.5. The third kappa shape index (κ3) is 2.48. The van der Waals surface area contributed by atoms with Crippen LogP contribution < -0.4 is 4.74 Å². The van der Waals surface area contributed by atoms with Crippen molar-refractivity contribution >= 4 is 5.91 Å². The zero-order chi connectivity index (χ0) is 13.2. The summed E-state index contributed by atoms with van der Waals surface area (Å²) in [6.45, 7) is 3.46. The first-order chi connectivity index (χ1) is 8.58. The van der Waals surface area contributed by atoms with Gasteiger partial charge >= 0.3 is 0 Å². The minimum absolute atomic E-state index is 0.0230. The van der Waals surface area contributed by atoms with Crippen LogP contribution in [-0.4, -0.2) is 42.7 Å². The van der Waals surface area contributed by atoms with Crippen molar-refractivity contribution in [3.05, 3.63) is 29.8 Å².